The summed E-state index contributed by atoms with van der Waals surface area (Å²) < 4.78 is 20.9. The number of halogens is 2. The topological polar surface area (TPSA) is 81.4 Å². The van der Waals surface area contributed by atoms with Crippen molar-refractivity contribution in [3.63, 3.8) is 0 Å². The number of amides is 1. The van der Waals surface area contributed by atoms with E-state index in [1.54, 1.807) is 36.4 Å². The van der Waals surface area contributed by atoms with Gasteiger partial charge in [0.15, 0.2) is 0 Å². The number of nitrogens with one attached hydrogen (secondary N) is 1. The SMILES string of the molecule is O=C(N/N=C/c1ccc(Oc2nc(Cl)ncc2F)cc1)c1ccccc1-n1cccc1. The molecule has 0 aliphatic rings. The molecule has 4 aromatic rings. The molecule has 154 valence electrons. The predicted molar refractivity (Wildman–Crippen MR) is 114 cm³/mol. The van der Waals surface area contributed by atoms with Crippen molar-refractivity contribution in [3.05, 3.63) is 101 Å². The van der Waals surface area contributed by atoms with E-state index in [-0.39, 0.29) is 17.1 Å². The van der Waals surface area contributed by atoms with E-state index in [1.807, 2.05) is 41.2 Å². The van der Waals surface area contributed by atoms with E-state index >= 15 is 0 Å². The molecule has 1 N–H and O–H groups in total. The average molecular weight is 436 g/mol. The molecule has 0 fully saturated rings. The van der Waals surface area contributed by atoms with Crippen LogP contribution >= 0.6 is 11.6 Å². The van der Waals surface area contributed by atoms with Crippen LogP contribution in [0.3, 0.4) is 0 Å². The maximum absolute atomic E-state index is 13.7. The summed E-state index contributed by atoms with van der Waals surface area (Å²) in [6.07, 6.45) is 6.14. The molecule has 2 aromatic carbocycles. The van der Waals surface area contributed by atoms with Gasteiger partial charge in [-0.2, -0.15) is 14.5 Å². The van der Waals surface area contributed by atoms with Crippen molar-refractivity contribution in [1.82, 2.24) is 20.0 Å². The zero-order chi connectivity index (χ0) is 21.6. The van der Waals surface area contributed by atoms with Crippen molar-refractivity contribution in [2.24, 2.45) is 5.10 Å². The highest BCUT2D eigenvalue weighted by atomic mass is 35.5. The lowest BCUT2D eigenvalue weighted by atomic mass is 10.1. The second-order valence-electron chi connectivity index (χ2n) is 6.27. The number of nitrogens with zero attached hydrogens (tertiary/aromatic N) is 4. The lowest BCUT2D eigenvalue weighted by Gasteiger charge is -2.09. The summed E-state index contributed by atoms with van der Waals surface area (Å²) in [6.45, 7) is 0. The summed E-state index contributed by atoms with van der Waals surface area (Å²) in [4.78, 5) is 19.8. The molecular formula is C22H15ClFN5O2. The summed E-state index contributed by atoms with van der Waals surface area (Å²) >= 11 is 5.65. The molecule has 0 radical (unpaired) electrons. The molecule has 4 rings (SSSR count). The molecule has 31 heavy (non-hydrogen) atoms. The third-order valence-electron chi connectivity index (χ3n) is 4.19. The first-order chi connectivity index (χ1) is 15.1. The zero-order valence-corrected chi connectivity index (χ0v) is 16.7. The van der Waals surface area contributed by atoms with Crippen LogP contribution in [-0.4, -0.2) is 26.7 Å². The summed E-state index contributed by atoms with van der Waals surface area (Å²) in [5.41, 5.74) is 4.46. The molecule has 0 saturated heterocycles. The van der Waals surface area contributed by atoms with Crippen molar-refractivity contribution >= 4 is 23.7 Å². The fraction of sp³-hybridized carbons (Fsp3) is 0. The largest absolute Gasteiger partial charge is 0.436 e. The van der Waals surface area contributed by atoms with Crippen LogP contribution in [0, 0.1) is 5.82 Å². The Kier molecular flexibility index (Phi) is 6.00. The highest BCUT2D eigenvalue weighted by Crippen LogP contribution is 2.23. The van der Waals surface area contributed by atoms with Crippen molar-refractivity contribution in [3.8, 4) is 17.3 Å². The van der Waals surface area contributed by atoms with Gasteiger partial charge in [0, 0.05) is 12.4 Å². The van der Waals surface area contributed by atoms with Gasteiger partial charge in [0.1, 0.15) is 5.75 Å². The fourth-order valence-corrected chi connectivity index (χ4v) is 2.87. The minimum atomic E-state index is -0.724. The smallest absolute Gasteiger partial charge is 0.273 e. The van der Waals surface area contributed by atoms with Crippen LogP contribution in [-0.2, 0) is 0 Å². The summed E-state index contributed by atoms with van der Waals surface area (Å²) in [5, 5.41) is 3.89. The Balaban J connectivity index is 1.41. The highest BCUT2D eigenvalue weighted by Gasteiger charge is 2.11. The van der Waals surface area contributed by atoms with Crippen LogP contribution in [0.5, 0.6) is 11.6 Å². The number of aromatic nitrogens is 3. The van der Waals surface area contributed by atoms with E-state index in [1.165, 1.54) is 6.21 Å². The number of hydrogen-bond acceptors (Lipinski definition) is 5. The second kappa shape index (κ2) is 9.19. The van der Waals surface area contributed by atoms with Crippen molar-refractivity contribution in [2.75, 3.05) is 0 Å². The molecule has 1 amide bonds. The standard InChI is InChI=1S/C22H15ClFN5O2/c23-22-25-14-18(24)21(27-22)31-16-9-7-15(8-10-16)13-26-28-20(30)17-5-1-2-6-19(17)29-11-3-4-12-29/h1-14H,(H,28,30)/b26-13+. The molecule has 2 aromatic heterocycles. The van der Waals surface area contributed by atoms with Gasteiger partial charge in [-0.1, -0.05) is 12.1 Å². The number of hydrogen-bond donors (Lipinski definition) is 1. The van der Waals surface area contributed by atoms with Gasteiger partial charge < -0.3 is 9.30 Å². The van der Waals surface area contributed by atoms with E-state index in [0.717, 1.165) is 11.9 Å². The first kappa shape index (κ1) is 20.2. The fourth-order valence-electron chi connectivity index (χ4n) is 2.75. The Labute approximate surface area is 181 Å². The van der Waals surface area contributed by atoms with Crippen LogP contribution in [0.4, 0.5) is 4.39 Å². The number of benzene rings is 2. The average Bonchev–Trinajstić information content (AvgIpc) is 3.32. The Morgan fingerprint density at radius 1 is 1.10 bits per heavy atom. The van der Waals surface area contributed by atoms with Crippen molar-refractivity contribution in [2.45, 2.75) is 0 Å². The lowest BCUT2D eigenvalue weighted by Crippen LogP contribution is -2.19. The van der Waals surface area contributed by atoms with Gasteiger partial charge in [-0.25, -0.2) is 10.4 Å². The van der Waals surface area contributed by atoms with Crippen molar-refractivity contribution < 1.29 is 13.9 Å². The lowest BCUT2D eigenvalue weighted by molar-refractivity contribution is 0.0955. The predicted octanol–water partition coefficient (Wildman–Crippen LogP) is 4.62. The van der Waals surface area contributed by atoms with Gasteiger partial charge in [-0.05, 0) is 65.7 Å². The van der Waals surface area contributed by atoms with Gasteiger partial charge >= 0.3 is 0 Å². The van der Waals surface area contributed by atoms with Gasteiger partial charge in [-0.3, -0.25) is 4.79 Å². The van der Waals surface area contributed by atoms with Crippen molar-refractivity contribution in [1.29, 1.82) is 0 Å². The number of ether oxygens (including phenoxy) is 1. The Hall–Kier alpha value is -4.04. The monoisotopic (exact) mass is 435 g/mol. The molecular weight excluding hydrogens is 421 g/mol. The van der Waals surface area contributed by atoms with E-state index in [0.29, 0.717) is 16.9 Å². The highest BCUT2D eigenvalue weighted by molar-refractivity contribution is 6.28. The summed E-state index contributed by atoms with van der Waals surface area (Å²) in [6, 6.07) is 17.6. The van der Waals surface area contributed by atoms with Crippen LogP contribution < -0.4 is 10.2 Å². The molecule has 0 atom stereocenters. The van der Waals surface area contributed by atoms with E-state index in [4.69, 9.17) is 16.3 Å². The van der Waals surface area contributed by atoms with Gasteiger partial charge in [0.05, 0.1) is 23.7 Å². The third-order valence-corrected chi connectivity index (χ3v) is 4.37. The minimum absolute atomic E-state index is 0.116. The number of carbonyl (C=O) groups excluding carboxylic acids is 1. The molecule has 0 saturated carbocycles. The summed E-state index contributed by atoms with van der Waals surface area (Å²) in [5.74, 6) is -0.972. The van der Waals surface area contributed by atoms with Crippen LogP contribution in [0.15, 0.2) is 84.4 Å². The Morgan fingerprint density at radius 3 is 2.61 bits per heavy atom. The molecule has 0 unspecified atom stereocenters. The third kappa shape index (κ3) is 4.93. The van der Waals surface area contributed by atoms with Crippen LogP contribution in [0.25, 0.3) is 5.69 Å². The molecule has 0 aliphatic carbocycles. The Bertz CT molecular complexity index is 1230. The number of para-hydroxylation sites is 1. The van der Waals surface area contributed by atoms with E-state index < -0.39 is 5.82 Å². The molecule has 9 heteroatoms. The number of rotatable bonds is 6. The normalized spacial score (nSPS) is 10.9. The Morgan fingerprint density at radius 2 is 1.84 bits per heavy atom. The van der Waals surface area contributed by atoms with Crippen LogP contribution in [0.2, 0.25) is 5.28 Å². The zero-order valence-electron chi connectivity index (χ0n) is 15.9. The second-order valence-corrected chi connectivity index (χ2v) is 6.61. The van der Waals surface area contributed by atoms with Gasteiger partial charge in [0.2, 0.25) is 11.1 Å². The maximum atomic E-state index is 13.7. The maximum Gasteiger partial charge on any atom is 0.273 e. The number of carbonyl (C=O) groups is 1. The summed E-state index contributed by atoms with van der Waals surface area (Å²) in [7, 11) is 0. The molecule has 0 aliphatic heterocycles. The minimum Gasteiger partial charge on any atom is -0.436 e. The first-order valence-electron chi connectivity index (χ1n) is 9.12. The van der Waals surface area contributed by atoms with Crippen LogP contribution in [0.1, 0.15) is 15.9 Å². The van der Waals surface area contributed by atoms with Gasteiger partial charge in [0.25, 0.3) is 11.8 Å². The van der Waals surface area contributed by atoms with E-state index in [9.17, 15) is 9.18 Å². The quantitative estimate of drug-likeness (QED) is 0.272. The molecule has 0 spiro atoms. The van der Waals surface area contributed by atoms with Gasteiger partial charge in [-0.15, -0.1) is 0 Å². The number of hydrazone groups is 1. The molecule has 2 heterocycles. The molecule has 7 nitrogen and oxygen atoms in total. The van der Waals surface area contributed by atoms with E-state index in [2.05, 4.69) is 20.5 Å². The first-order valence-corrected chi connectivity index (χ1v) is 9.50. The molecule has 0 bridgehead atoms.